The van der Waals surface area contributed by atoms with Crippen molar-refractivity contribution in [2.75, 3.05) is 0 Å². The number of nitrogens with one attached hydrogen (secondary N) is 2. The van der Waals surface area contributed by atoms with Crippen molar-refractivity contribution in [3.05, 3.63) is 106 Å². The molecule has 0 unspecified atom stereocenters. The number of pyridine rings is 1. The molecule has 5 rings (SSSR count). The second-order valence-electron chi connectivity index (χ2n) is 9.97. The zero-order chi connectivity index (χ0) is 27.9. The van der Waals surface area contributed by atoms with E-state index in [4.69, 9.17) is 5.41 Å². The summed E-state index contributed by atoms with van der Waals surface area (Å²) in [5.74, 6) is -0.489. The van der Waals surface area contributed by atoms with Gasteiger partial charge in [-0.1, -0.05) is 18.2 Å². The van der Waals surface area contributed by atoms with Crippen LogP contribution in [0.3, 0.4) is 0 Å². The van der Waals surface area contributed by atoms with Crippen LogP contribution < -0.4 is 10.8 Å². The second-order valence-corrected chi connectivity index (χ2v) is 9.97. The number of nitrogens with zero attached hydrogens (tertiary/aromatic N) is 3. The van der Waals surface area contributed by atoms with Crippen LogP contribution in [0.25, 0.3) is 11.3 Å². The summed E-state index contributed by atoms with van der Waals surface area (Å²) in [6.45, 7) is 1.91. The monoisotopic (exact) mass is 537 g/mol. The first-order valence-corrected chi connectivity index (χ1v) is 12.5. The van der Waals surface area contributed by atoms with Crippen LogP contribution in [0, 0.1) is 24.1 Å². The molecular formula is C29H27F4N5O. The number of carbonyl (C=O) groups is 1. The van der Waals surface area contributed by atoms with Gasteiger partial charge in [0.25, 0.3) is 5.91 Å². The van der Waals surface area contributed by atoms with Gasteiger partial charge >= 0.3 is 6.18 Å². The van der Waals surface area contributed by atoms with E-state index in [1.807, 2.05) is 0 Å². The molecule has 1 aliphatic carbocycles. The van der Waals surface area contributed by atoms with E-state index in [2.05, 4.69) is 10.4 Å². The Hall–Kier alpha value is -4.21. The number of halogens is 4. The molecule has 1 atom stereocenters. The van der Waals surface area contributed by atoms with Gasteiger partial charge in [-0.15, -0.1) is 0 Å². The van der Waals surface area contributed by atoms with Crippen LogP contribution in [-0.2, 0) is 19.8 Å². The van der Waals surface area contributed by atoms with Crippen LogP contribution >= 0.6 is 0 Å². The van der Waals surface area contributed by atoms with Crippen LogP contribution in [0.5, 0.6) is 0 Å². The Bertz CT molecular complexity index is 1600. The fourth-order valence-corrected chi connectivity index (χ4v) is 4.74. The molecule has 0 saturated heterocycles. The Balaban J connectivity index is 1.54. The normalized spacial score (nSPS) is 14.3. The third-order valence-corrected chi connectivity index (χ3v) is 6.94. The molecular weight excluding hydrogens is 510 g/mol. The largest absolute Gasteiger partial charge is 0.435 e. The van der Waals surface area contributed by atoms with Gasteiger partial charge in [-0.2, -0.15) is 18.3 Å². The molecule has 202 valence electrons. The van der Waals surface area contributed by atoms with Gasteiger partial charge < -0.3 is 9.88 Å². The van der Waals surface area contributed by atoms with Crippen LogP contribution in [0.1, 0.15) is 51.6 Å². The van der Waals surface area contributed by atoms with Gasteiger partial charge in [0.05, 0.1) is 11.7 Å². The number of carbonyl (C=O) groups excluding carboxylic acids is 1. The van der Waals surface area contributed by atoms with Crippen molar-refractivity contribution >= 4 is 5.91 Å². The summed E-state index contributed by atoms with van der Waals surface area (Å²) in [7, 11) is 1.42. The average molecular weight is 538 g/mol. The van der Waals surface area contributed by atoms with Crippen molar-refractivity contribution in [3.8, 4) is 11.3 Å². The van der Waals surface area contributed by atoms with Crippen molar-refractivity contribution in [1.82, 2.24) is 19.7 Å². The Kier molecular flexibility index (Phi) is 6.88. The molecule has 2 aromatic carbocycles. The minimum Gasteiger partial charge on any atom is -0.345 e. The first-order chi connectivity index (χ1) is 18.5. The number of hydrogen-bond donors (Lipinski definition) is 2. The summed E-state index contributed by atoms with van der Waals surface area (Å²) in [6.07, 6.45) is -1.03. The van der Waals surface area contributed by atoms with Gasteiger partial charge in [0.1, 0.15) is 11.3 Å². The smallest absolute Gasteiger partial charge is 0.345 e. The summed E-state index contributed by atoms with van der Waals surface area (Å²) in [5, 5.41) is 14.9. The van der Waals surface area contributed by atoms with E-state index in [1.54, 1.807) is 66.2 Å². The molecule has 1 aliphatic rings. The number of hydrogen-bond acceptors (Lipinski definition) is 3. The fourth-order valence-electron chi connectivity index (χ4n) is 4.74. The van der Waals surface area contributed by atoms with Crippen LogP contribution in [0.15, 0.2) is 66.9 Å². The van der Waals surface area contributed by atoms with E-state index in [9.17, 15) is 22.4 Å². The van der Waals surface area contributed by atoms with Crippen molar-refractivity contribution < 1.29 is 22.4 Å². The molecule has 1 fully saturated rings. The lowest BCUT2D eigenvalue weighted by atomic mass is 9.98. The van der Waals surface area contributed by atoms with Gasteiger partial charge in [-0.25, -0.2) is 4.39 Å². The maximum Gasteiger partial charge on any atom is 0.435 e. The van der Waals surface area contributed by atoms with E-state index in [0.717, 1.165) is 29.2 Å². The van der Waals surface area contributed by atoms with Gasteiger partial charge in [0.2, 0.25) is 0 Å². The summed E-state index contributed by atoms with van der Waals surface area (Å²) in [5.41, 5.74) is 2.02. The van der Waals surface area contributed by atoms with Crippen LogP contribution in [0.2, 0.25) is 0 Å². The van der Waals surface area contributed by atoms with E-state index in [1.165, 1.54) is 13.1 Å². The minimum absolute atomic E-state index is 0.204. The third-order valence-electron chi connectivity index (χ3n) is 6.94. The maximum atomic E-state index is 13.9. The molecule has 1 amide bonds. The number of aromatic nitrogens is 3. The van der Waals surface area contributed by atoms with E-state index in [0.29, 0.717) is 16.7 Å². The van der Waals surface area contributed by atoms with Crippen LogP contribution in [0.4, 0.5) is 17.6 Å². The van der Waals surface area contributed by atoms with Crippen molar-refractivity contribution in [2.24, 2.45) is 13.0 Å². The van der Waals surface area contributed by atoms with E-state index >= 15 is 0 Å². The van der Waals surface area contributed by atoms with Crippen molar-refractivity contribution in [3.63, 3.8) is 0 Å². The Morgan fingerprint density at radius 1 is 1.13 bits per heavy atom. The number of rotatable bonds is 7. The van der Waals surface area contributed by atoms with Crippen LogP contribution in [-0.4, -0.2) is 20.3 Å². The van der Waals surface area contributed by atoms with E-state index < -0.39 is 11.9 Å². The zero-order valence-electron chi connectivity index (χ0n) is 21.4. The predicted octanol–water partition coefficient (Wildman–Crippen LogP) is 5.76. The molecule has 0 radical (unpaired) electrons. The highest BCUT2D eigenvalue weighted by atomic mass is 19.4. The highest BCUT2D eigenvalue weighted by molar-refractivity contribution is 5.96. The van der Waals surface area contributed by atoms with Gasteiger partial charge in [-0.05, 0) is 84.8 Å². The van der Waals surface area contributed by atoms with Gasteiger partial charge in [0, 0.05) is 30.9 Å². The molecule has 0 spiro atoms. The second kappa shape index (κ2) is 10.2. The Labute approximate surface area is 222 Å². The molecule has 0 bridgehead atoms. The zero-order valence-corrected chi connectivity index (χ0v) is 21.4. The fraction of sp³-hybridized carbons (Fsp3) is 0.276. The lowest BCUT2D eigenvalue weighted by Crippen LogP contribution is -2.30. The molecule has 6 nitrogen and oxygen atoms in total. The SMILES string of the molecule is Cc1cc([C@@H](NC(=O)c2cc(Cn3ccccc3=N)cc(-c3cc(C(F)(F)F)nn3C)c2)C2CC2)ccc1F. The molecule has 1 saturated carbocycles. The highest BCUT2D eigenvalue weighted by Crippen LogP contribution is 2.41. The van der Waals surface area contributed by atoms with Gasteiger partial charge in [0.15, 0.2) is 5.69 Å². The molecule has 2 heterocycles. The molecule has 0 aliphatic heterocycles. The Morgan fingerprint density at radius 2 is 1.90 bits per heavy atom. The summed E-state index contributed by atoms with van der Waals surface area (Å²) >= 11 is 0. The molecule has 2 aromatic heterocycles. The lowest BCUT2D eigenvalue weighted by molar-refractivity contribution is -0.141. The highest BCUT2D eigenvalue weighted by Gasteiger charge is 2.35. The molecule has 2 N–H and O–H groups in total. The third kappa shape index (κ3) is 5.79. The molecule has 39 heavy (non-hydrogen) atoms. The molecule has 4 aromatic rings. The first kappa shape index (κ1) is 26.4. The predicted molar refractivity (Wildman–Crippen MR) is 137 cm³/mol. The maximum absolute atomic E-state index is 13.9. The lowest BCUT2D eigenvalue weighted by Gasteiger charge is -2.20. The number of alkyl halides is 3. The number of amides is 1. The number of benzene rings is 2. The molecule has 10 heteroatoms. The summed E-state index contributed by atoms with van der Waals surface area (Å²) < 4.78 is 56.8. The number of aryl methyl sites for hydroxylation is 2. The van der Waals surface area contributed by atoms with E-state index in [-0.39, 0.29) is 47.0 Å². The topological polar surface area (TPSA) is 75.7 Å². The van der Waals surface area contributed by atoms with Gasteiger partial charge in [-0.3, -0.25) is 14.9 Å². The standard InChI is InChI=1S/C29H27F4N5O/c1-17-11-20(8-9-23(17)30)27(19-6-7-19)35-28(39)22-13-18(16-38-10-4-3-5-26(38)34)12-21(14-22)24-15-25(29(31,32)33)36-37(24)2/h3-5,8-15,19,27,34H,6-7,16H2,1-2H3,(H,35,39)/t27-/m0/s1. The summed E-state index contributed by atoms with van der Waals surface area (Å²) in [4.78, 5) is 13.6. The van der Waals surface area contributed by atoms with Crippen molar-refractivity contribution in [1.29, 1.82) is 5.41 Å². The minimum atomic E-state index is -4.61. The average Bonchev–Trinajstić information content (AvgIpc) is 3.65. The summed E-state index contributed by atoms with van der Waals surface area (Å²) in [6, 6.07) is 15.5. The Morgan fingerprint density at radius 3 is 2.54 bits per heavy atom. The quantitative estimate of drug-likeness (QED) is 0.294. The first-order valence-electron chi connectivity index (χ1n) is 12.5. The van der Waals surface area contributed by atoms with Crippen molar-refractivity contribution in [2.45, 2.75) is 38.5 Å².